The van der Waals surface area contributed by atoms with Crippen molar-refractivity contribution in [3.63, 3.8) is 0 Å². The molecule has 66 heavy (non-hydrogen) atoms. The molecule has 0 radical (unpaired) electrons. The zero-order valence-electron chi connectivity index (χ0n) is 36.3. The van der Waals surface area contributed by atoms with E-state index in [1.807, 2.05) is 12.1 Å². The summed E-state index contributed by atoms with van der Waals surface area (Å²) < 4.78 is 15.8. The van der Waals surface area contributed by atoms with E-state index in [9.17, 15) is 0 Å². The smallest absolute Gasteiger partial charge is 0.159 e. The Bertz CT molecular complexity index is 3730. The number of furan rings is 1. The van der Waals surface area contributed by atoms with Gasteiger partial charge in [-0.3, -0.25) is 0 Å². The van der Waals surface area contributed by atoms with Crippen LogP contribution < -0.4 is 9.64 Å². The largest absolute Gasteiger partial charge is 0.457 e. The molecule has 1 spiro atoms. The lowest BCUT2D eigenvalue weighted by Gasteiger charge is -2.39. The highest BCUT2D eigenvalue weighted by Gasteiger charge is 2.51. The lowest BCUT2D eigenvalue weighted by atomic mass is 9.66. The molecule has 2 aromatic heterocycles. The molecule has 0 bridgehead atoms. The molecule has 13 rings (SSSR count). The van der Waals surface area contributed by atoms with Gasteiger partial charge in [0.1, 0.15) is 17.1 Å². The topological polar surface area (TPSA) is 30.5 Å². The quantitative estimate of drug-likeness (QED) is 0.160. The molecule has 0 fully saturated rings. The van der Waals surface area contributed by atoms with E-state index < -0.39 is 5.41 Å². The molecule has 312 valence electrons. The van der Waals surface area contributed by atoms with Crippen molar-refractivity contribution < 1.29 is 9.15 Å². The molecule has 9 aromatic carbocycles. The summed E-state index contributed by atoms with van der Waals surface area (Å²) in [5.74, 6) is 1.74. The predicted molar refractivity (Wildman–Crippen MR) is 273 cm³/mol. The minimum absolute atomic E-state index is 0.607. The summed E-state index contributed by atoms with van der Waals surface area (Å²) in [6, 6.07) is 74.1. The first-order valence-corrected chi connectivity index (χ1v) is 22.6. The van der Waals surface area contributed by atoms with Gasteiger partial charge in [0.05, 0.1) is 22.3 Å². The number of para-hydroxylation sites is 5. The summed E-state index contributed by atoms with van der Waals surface area (Å²) in [5, 5.41) is 3.35. The molecule has 3 heterocycles. The molecule has 4 nitrogen and oxygen atoms in total. The Morgan fingerprint density at radius 1 is 0.530 bits per heavy atom. The Hall–Kier alpha value is -8.60. The summed E-state index contributed by atoms with van der Waals surface area (Å²) in [4.78, 5) is 2.37. The minimum atomic E-state index is -0.607. The van der Waals surface area contributed by atoms with Crippen molar-refractivity contribution in [2.75, 3.05) is 4.90 Å². The number of rotatable bonds is 7. The van der Waals surface area contributed by atoms with Gasteiger partial charge in [0, 0.05) is 49.9 Å². The van der Waals surface area contributed by atoms with Crippen molar-refractivity contribution in [2.45, 2.75) is 12.3 Å². The fraction of sp³-hybridized carbons (Fsp3) is 0.0323. The first kappa shape index (κ1) is 37.9. The molecule has 0 N–H and O–H groups in total. The number of nitrogens with zero attached hydrogens (tertiary/aromatic N) is 2. The molecule has 1 aliphatic carbocycles. The van der Waals surface area contributed by atoms with Gasteiger partial charge in [-0.25, -0.2) is 0 Å². The Balaban J connectivity index is 1.01. The Kier molecular flexibility index (Phi) is 8.46. The molecule has 2 aliphatic rings. The second-order valence-electron chi connectivity index (χ2n) is 17.2. The second-order valence-corrected chi connectivity index (χ2v) is 17.2. The van der Waals surface area contributed by atoms with Gasteiger partial charge in [-0.1, -0.05) is 152 Å². The van der Waals surface area contributed by atoms with Crippen molar-refractivity contribution in [1.29, 1.82) is 0 Å². The number of aromatic nitrogens is 1. The molecule has 0 saturated carbocycles. The highest BCUT2D eigenvalue weighted by atomic mass is 16.5. The average molecular weight is 847 g/mol. The van der Waals surface area contributed by atoms with E-state index >= 15 is 0 Å². The van der Waals surface area contributed by atoms with Crippen LogP contribution in [0.1, 0.15) is 40.4 Å². The maximum Gasteiger partial charge on any atom is 0.159 e. The van der Waals surface area contributed by atoms with E-state index in [-0.39, 0.29) is 0 Å². The SMILES string of the molecule is C=Cc1c(/C=C\C)c2cc(-c3ccc(N(c4ccc5c(c4)C4(c6ccccc6Oc6ccccc64)c4ccccc4-5)c4cccc5c4oc4ccccc45)cc3)ccc2n1-c1ccccc1. The van der Waals surface area contributed by atoms with Gasteiger partial charge in [-0.2, -0.15) is 0 Å². The zero-order valence-corrected chi connectivity index (χ0v) is 36.3. The molecular formula is C62H42N2O2. The number of hydrogen-bond acceptors (Lipinski definition) is 3. The van der Waals surface area contributed by atoms with Crippen molar-refractivity contribution >= 4 is 62.1 Å². The highest BCUT2D eigenvalue weighted by Crippen LogP contribution is 2.62. The van der Waals surface area contributed by atoms with Gasteiger partial charge < -0.3 is 18.6 Å². The lowest BCUT2D eigenvalue weighted by Crippen LogP contribution is -2.32. The number of fused-ring (bicyclic) bond motifs is 13. The Morgan fingerprint density at radius 3 is 1.95 bits per heavy atom. The van der Waals surface area contributed by atoms with Crippen LogP contribution in [-0.4, -0.2) is 4.57 Å². The minimum Gasteiger partial charge on any atom is -0.457 e. The van der Waals surface area contributed by atoms with Gasteiger partial charge >= 0.3 is 0 Å². The van der Waals surface area contributed by atoms with Gasteiger partial charge in [0.2, 0.25) is 0 Å². The van der Waals surface area contributed by atoms with E-state index in [1.54, 1.807) is 0 Å². The molecule has 0 unspecified atom stereocenters. The molecule has 0 saturated heterocycles. The van der Waals surface area contributed by atoms with E-state index in [2.05, 4.69) is 235 Å². The van der Waals surface area contributed by atoms with Crippen LogP contribution >= 0.6 is 0 Å². The van der Waals surface area contributed by atoms with Crippen LogP contribution in [0.5, 0.6) is 11.5 Å². The lowest BCUT2D eigenvalue weighted by molar-refractivity contribution is 0.436. The summed E-state index contributed by atoms with van der Waals surface area (Å²) in [6.07, 6.45) is 6.26. The van der Waals surface area contributed by atoms with E-state index in [0.29, 0.717) is 0 Å². The number of hydrogen-bond donors (Lipinski definition) is 0. The van der Waals surface area contributed by atoms with E-state index in [4.69, 9.17) is 9.15 Å². The summed E-state index contributed by atoms with van der Waals surface area (Å²) in [6.45, 7) is 6.32. The van der Waals surface area contributed by atoms with Gasteiger partial charge in [0.15, 0.2) is 5.58 Å². The third-order valence-corrected chi connectivity index (χ3v) is 13.8. The van der Waals surface area contributed by atoms with Gasteiger partial charge in [-0.15, -0.1) is 0 Å². The normalized spacial score (nSPS) is 13.2. The number of allylic oxidation sites excluding steroid dienone is 1. The van der Waals surface area contributed by atoms with Crippen LogP contribution in [0.25, 0.3) is 72.9 Å². The average Bonchev–Trinajstić information content (AvgIpc) is 4.01. The molecule has 0 atom stereocenters. The molecule has 1 aliphatic heterocycles. The van der Waals surface area contributed by atoms with Gasteiger partial charge in [0.25, 0.3) is 0 Å². The van der Waals surface area contributed by atoms with Gasteiger partial charge in [-0.05, 0) is 119 Å². The van der Waals surface area contributed by atoms with Crippen LogP contribution in [0.4, 0.5) is 17.1 Å². The van der Waals surface area contributed by atoms with Crippen LogP contribution in [0, 0.1) is 0 Å². The molecule has 11 aromatic rings. The molecule has 0 amide bonds. The van der Waals surface area contributed by atoms with Crippen molar-refractivity contribution in [1.82, 2.24) is 4.57 Å². The van der Waals surface area contributed by atoms with E-state index in [1.165, 1.54) is 27.6 Å². The fourth-order valence-electron chi connectivity index (χ4n) is 11.0. The summed E-state index contributed by atoms with van der Waals surface area (Å²) in [7, 11) is 0. The van der Waals surface area contributed by atoms with Crippen LogP contribution in [0.2, 0.25) is 0 Å². The van der Waals surface area contributed by atoms with Crippen LogP contribution in [0.3, 0.4) is 0 Å². The van der Waals surface area contributed by atoms with Crippen LogP contribution in [0.15, 0.2) is 223 Å². The maximum absolute atomic E-state index is 6.80. The number of anilines is 3. The fourth-order valence-corrected chi connectivity index (χ4v) is 11.0. The number of benzene rings is 9. The maximum atomic E-state index is 6.80. The second kappa shape index (κ2) is 14.7. The predicted octanol–water partition coefficient (Wildman–Crippen LogP) is 16.8. The summed E-state index contributed by atoms with van der Waals surface area (Å²) >= 11 is 0. The van der Waals surface area contributed by atoms with Crippen molar-refractivity contribution in [2.24, 2.45) is 0 Å². The Labute approximate surface area is 383 Å². The number of ether oxygens (including phenoxy) is 1. The van der Waals surface area contributed by atoms with E-state index in [0.717, 1.165) is 95.2 Å². The molecule has 4 heteroatoms. The zero-order chi connectivity index (χ0) is 43.9. The van der Waals surface area contributed by atoms with Crippen LogP contribution in [-0.2, 0) is 5.41 Å². The summed E-state index contributed by atoms with van der Waals surface area (Å²) in [5.41, 5.74) is 18.0. The Morgan fingerprint density at radius 2 is 1.18 bits per heavy atom. The van der Waals surface area contributed by atoms with Crippen molar-refractivity contribution in [3.05, 3.63) is 252 Å². The third kappa shape index (κ3) is 5.39. The first-order chi connectivity index (χ1) is 32.6. The monoisotopic (exact) mass is 846 g/mol. The highest BCUT2D eigenvalue weighted by molar-refractivity contribution is 6.10. The first-order valence-electron chi connectivity index (χ1n) is 22.6. The third-order valence-electron chi connectivity index (χ3n) is 13.8. The van der Waals surface area contributed by atoms with Crippen molar-refractivity contribution in [3.8, 4) is 39.4 Å². The standard InChI is InChI=1S/C62H42N2O2/c1-3-17-47-50-38-41(32-37-56(50)64(55(47)4-2)42-18-6-5-7-19-42)40-30-33-43(34-31-40)63(57-26-16-22-49-48-21-9-13-27-58(48)66-61(49)57)44-35-36-46-45-20-8-10-23-51(45)62(54(46)39-44)52-24-11-14-28-59(52)65-60-29-15-12-25-53(60)62/h3-39H,2H2,1H3/b17-3-. The molecular weight excluding hydrogens is 805 g/mol.